The molecule has 0 radical (unpaired) electrons. The zero-order chi connectivity index (χ0) is 29.0. The van der Waals surface area contributed by atoms with E-state index in [1.165, 1.54) is 54.5 Å². The van der Waals surface area contributed by atoms with E-state index in [4.69, 9.17) is 4.74 Å². The summed E-state index contributed by atoms with van der Waals surface area (Å²) < 4.78 is 61.7. The van der Waals surface area contributed by atoms with Gasteiger partial charge in [-0.05, 0) is 37.3 Å². The molecule has 0 spiro atoms. The summed E-state index contributed by atoms with van der Waals surface area (Å²) in [7, 11) is -2.87. The molecule has 1 amide bonds. The summed E-state index contributed by atoms with van der Waals surface area (Å²) in [5.41, 5.74) is 0.581. The van der Waals surface area contributed by atoms with Crippen molar-refractivity contribution in [1.29, 1.82) is 0 Å². The van der Waals surface area contributed by atoms with E-state index in [-0.39, 0.29) is 36.7 Å². The average Bonchev–Trinajstić information content (AvgIpc) is 2.94. The van der Waals surface area contributed by atoms with Crippen molar-refractivity contribution in [2.45, 2.75) is 30.9 Å². The van der Waals surface area contributed by atoms with Gasteiger partial charge in [0.2, 0.25) is 15.9 Å². The number of pyridine rings is 1. The van der Waals surface area contributed by atoms with E-state index < -0.39 is 50.5 Å². The number of hydrogen-bond donors (Lipinski definition) is 1. The van der Waals surface area contributed by atoms with Crippen molar-refractivity contribution < 1.29 is 31.8 Å². The topological polar surface area (TPSA) is 100 Å². The highest BCUT2D eigenvalue weighted by molar-refractivity contribution is 7.89. The number of fused-ring (bicyclic) bond motifs is 1. The van der Waals surface area contributed by atoms with Crippen molar-refractivity contribution in [2.75, 3.05) is 26.7 Å². The summed E-state index contributed by atoms with van der Waals surface area (Å²) in [6.45, 7) is 3.15. The molecule has 0 saturated carbocycles. The highest BCUT2D eigenvalue weighted by Gasteiger charge is 2.36. The number of amides is 1. The van der Waals surface area contributed by atoms with Gasteiger partial charge in [0, 0.05) is 31.3 Å². The number of aliphatic hydroxyl groups is 1. The number of benzene rings is 2. The molecule has 1 N–H and O–H groups in total. The lowest BCUT2D eigenvalue weighted by atomic mass is 10.0. The third-order valence-electron chi connectivity index (χ3n) is 6.70. The van der Waals surface area contributed by atoms with Crippen molar-refractivity contribution >= 4 is 15.9 Å². The van der Waals surface area contributed by atoms with E-state index in [1.807, 2.05) is 0 Å². The molecule has 2 aromatic carbocycles. The number of halogens is 2. The Morgan fingerprint density at radius 2 is 1.82 bits per heavy atom. The number of carbonyl (C=O) groups is 1. The van der Waals surface area contributed by atoms with Crippen molar-refractivity contribution in [3.8, 4) is 17.7 Å². The number of sulfonamides is 1. The molecule has 0 bridgehead atoms. The largest absolute Gasteiger partial charge is 0.472 e. The van der Waals surface area contributed by atoms with Crippen LogP contribution in [0, 0.1) is 29.4 Å². The van der Waals surface area contributed by atoms with Crippen LogP contribution in [0.1, 0.15) is 35.3 Å². The molecule has 0 unspecified atom stereocenters. The van der Waals surface area contributed by atoms with Crippen molar-refractivity contribution in [1.82, 2.24) is 14.2 Å². The number of hydrogen-bond acceptors (Lipinski definition) is 6. The van der Waals surface area contributed by atoms with E-state index in [0.29, 0.717) is 5.56 Å². The number of likely N-dealkylation sites (N-methyl/N-ethyl adjacent to an activating group) is 1. The smallest absolute Gasteiger partial charge is 0.259 e. The monoisotopic (exact) mass is 569 g/mol. The molecular weight excluding hydrogens is 540 g/mol. The van der Waals surface area contributed by atoms with Crippen LogP contribution in [0.15, 0.2) is 65.7 Å². The van der Waals surface area contributed by atoms with Crippen molar-refractivity contribution in [3.63, 3.8) is 0 Å². The number of nitrogens with zero attached hydrogens (tertiary/aromatic N) is 3. The maximum atomic E-state index is 14.3. The Bertz CT molecular complexity index is 1570. The first-order chi connectivity index (χ1) is 19.0. The number of rotatable bonds is 6. The van der Waals surface area contributed by atoms with Gasteiger partial charge in [-0.1, -0.05) is 43.0 Å². The van der Waals surface area contributed by atoms with Crippen LogP contribution in [-0.4, -0.2) is 72.5 Å². The lowest BCUT2D eigenvalue weighted by Gasteiger charge is -2.37. The van der Waals surface area contributed by atoms with Gasteiger partial charge in [0.15, 0.2) is 0 Å². The summed E-state index contributed by atoms with van der Waals surface area (Å²) in [5.74, 6) is 3.30. The van der Waals surface area contributed by atoms with Crippen LogP contribution in [-0.2, 0) is 10.0 Å². The minimum absolute atomic E-state index is 0.0372. The third-order valence-corrected chi connectivity index (χ3v) is 8.55. The first-order valence-electron chi connectivity index (χ1n) is 12.6. The summed E-state index contributed by atoms with van der Waals surface area (Å²) in [6, 6.07) is 12.0. The Balaban J connectivity index is 1.70. The van der Waals surface area contributed by atoms with E-state index in [1.54, 1.807) is 26.0 Å². The second-order valence-electron chi connectivity index (χ2n) is 9.65. The Morgan fingerprint density at radius 3 is 2.50 bits per heavy atom. The Kier molecular flexibility index (Phi) is 8.83. The van der Waals surface area contributed by atoms with Gasteiger partial charge in [-0.2, -0.15) is 4.31 Å². The molecule has 11 heteroatoms. The lowest BCUT2D eigenvalue weighted by Crippen LogP contribution is -2.50. The van der Waals surface area contributed by atoms with Gasteiger partial charge in [-0.25, -0.2) is 22.2 Å². The molecule has 0 fully saturated rings. The van der Waals surface area contributed by atoms with E-state index in [9.17, 15) is 27.1 Å². The van der Waals surface area contributed by atoms with Crippen LogP contribution in [0.5, 0.6) is 5.88 Å². The quantitative estimate of drug-likeness (QED) is 0.458. The molecule has 3 aromatic rings. The molecule has 8 nitrogen and oxygen atoms in total. The Morgan fingerprint density at radius 1 is 1.15 bits per heavy atom. The van der Waals surface area contributed by atoms with E-state index >= 15 is 0 Å². The van der Waals surface area contributed by atoms with Crippen LogP contribution in [0.3, 0.4) is 0 Å². The van der Waals surface area contributed by atoms with Gasteiger partial charge >= 0.3 is 0 Å². The van der Waals surface area contributed by atoms with Gasteiger partial charge in [-0.15, -0.1) is 0 Å². The summed E-state index contributed by atoms with van der Waals surface area (Å²) in [5, 5.41) is 9.84. The molecule has 2 heterocycles. The minimum Gasteiger partial charge on any atom is -0.472 e. The Hall–Kier alpha value is -3.85. The van der Waals surface area contributed by atoms with Gasteiger partial charge in [0.25, 0.3) is 5.91 Å². The maximum Gasteiger partial charge on any atom is 0.259 e. The predicted octanol–water partition coefficient (Wildman–Crippen LogP) is 3.30. The fraction of sp³-hybridized carbons (Fsp3) is 0.310. The number of carbonyl (C=O) groups excluding carboxylic acids is 1. The van der Waals surface area contributed by atoms with Crippen LogP contribution in [0.25, 0.3) is 0 Å². The van der Waals surface area contributed by atoms with Crippen molar-refractivity contribution in [3.05, 3.63) is 89.1 Å². The molecule has 1 aliphatic rings. The highest BCUT2D eigenvalue weighted by Crippen LogP contribution is 2.28. The maximum absolute atomic E-state index is 14.3. The molecule has 40 heavy (non-hydrogen) atoms. The van der Waals surface area contributed by atoms with Gasteiger partial charge < -0.3 is 14.7 Å². The summed E-state index contributed by atoms with van der Waals surface area (Å²) >= 11 is 0. The SMILES string of the molecule is C[C@H](CO)N1C[C@H](C)[C@@H](CN(C)S(=O)(=O)c2ccccc2F)Oc2ncc(C#Cc3ccccc3F)cc2C1=O. The lowest BCUT2D eigenvalue weighted by molar-refractivity contribution is 0.0373. The fourth-order valence-corrected chi connectivity index (χ4v) is 5.51. The normalized spacial score (nSPS) is 18.2. The average molecular weight is 570 g/mol. The Labute approximate surface area is 232 Å². The number of ether oxygens (including phenoxy) is 1. The van der Waals surface area contributed by atoms with Crippen molar-refractivity contribution in [2.24, 2.45) is 5.92 Å². The highest BCUT2D eigenvalue weighted by atomic mass is 32.2. The molecular formula is C29H29F2N3O5S. The number of aromatic nitrogens is 1. The predicted molar refractivity (Wildman–Crippen MR) is 144 cm³/mol. The summed E-state index contributed by atoms with van der Waals surface area (Å²) in [4.78, 5) is 18.9. The molecule has 3 atom stereocenters. The molecule has 210 valence electrons. The molecule has 1 aliphatic heterocycles. The van der Waals surface area contributed by atoms with Crippen LogP contribution in [0.4, 0.5) is 8.78 Å². The zero-order valence-electron chi connectivity index (χ0n) is 22.2. The third kappa shape index (κ3) is 6.14. The standard InChI is InChI=1S/C29H29F2N3O5S/c1-19-16-34(20(2)18-35)29(36)23-14-21(12-13-22-8-4-5-9-24(22)30)15-32-28(23)39-26(19)17-33(3)40(37,38)27-11-7-6-10-25(27)31/h4-11,14-15,19-20,26,35H,16-18H2,1-3H3/t19-,20+,26+/m0/s1. The van der Waals surface area contributed by atoms with Gasteiger partial charge in [0.1, 0.15) is 28.2 Å². The zero-order valence-corrected chi connectivity index (χ0v) is 23.0. The van der Waals surface area contributed by atoms with Gasteiger partial charge in [-0.3, -0.25) is 4.79 Å². The van der Waals surface area contributed by atoms with Gasteiger partial charge in [0.05, 0.1) is 24.8 Å². The first-order valence-corrected chi connectivity index (χ1v) is 14.0. The second-order valence-corrected chi connectivity index (χ2v) is 11.7. The van der Waals surface area contributed by atoms with E-state index in [2.05, 4.69) is 16.8 Å². The first kappa shape index (κ1) is 29.1. The minimum atomic E-state index is -4.19. The fourth-order valence-electron chi connectivity index (χ4n) is 4.26. The molecule has 1 aromatic heterocycles. The summed E-state index contributed by atoms with van der Waals surface area (Å²) in [6.07, 6.45) is 0.595. The van der Waals surface area contributed by atoms with Crippen LogP contribution >= 0.6 is 0 Å². The number of aliphatic hydroxyl groups excluding tert-OH is 1. The van der Waals surface area contributed by atoms with E-state index in [0.717, 1.165) is 10.4 Å². The molecule has 0 saturated heterocycles. The van der Waals surface area contributed by atoms with Crippen LogP contribution in [0.2, 0.25) is 0 Å². The molecule has 0 aliphatic carbocycles. The second kappa shape index (κ2) is 12.1. The van der Waals surface area contributed by atoms with Crippen LogP contribution < -0.4 is 4.74 Å². The molecule has 4 rings (SSSR count).